The molecule has 0 spiro atoms. The number of nitrogens with zero attached hydrogens (tertiary/aromatic N) is 5. The minimum Gasteiger partial charge on any atom is -0.368 e. The van der Waals surface area contributed by atoms with E-state index in [0.29, 0.717) is 36.3 Å². The van der Waals surface area contributed by atoms with Gasteiger partial charge in [0.2, 0.25) is 5.91 Å². The van der Waals surface area contributed by atoms with E-state index in [2.05, 4.69) is 22.0 Å². The Balaban J connectivity index is 1.13. The van der Waals surface area contributed by atoms with Gasteiger partial charge >= 0.3 is 0 Å². The van der Waals surface area contributed by atoms with Gasteiger partial charge in [-0.25, -0.2) is 9.38 Å². The maximum atomic E-state index is 13.4. The summed E-state index contributed by atoms with van der Waals surface area (Å²) >= 11 is 1.48. The fraction of sp³-hybridized carbons (Fsp3) is 0.267. The molecule has 3 aliphatic heterocycles. The molecule has 198 valence electrons. The van der Waals surface area contributed by atoms with Crippen molar-refractivity contribution >= 4 is 46.0 Å². The summed E-state index contributed by atoms with van der Waals surface area (Å²) in [5.74, 6) is 0.674. The molecule has 1 saturated heterocycles. The Labute approximate surface area is 231 Å². The molecule has 1 atom stereocenters. The fourth-order valence-electron chi connectivity index (χ4n) is 5.18. The zero-order valence-corrected chi connectivity index (χ0v) is 22.2. The molecule has 0 radical (unpaired) electrons. The van der Waals surface area contributed by atoms with Gasteiger partial charge in [0, 0.05) is 49.6 Å². The van der Waals surface area contributed by atoms with Crippen LogP contribution in [0.1, 0.15) is 24.0 Å². The first-order chi connectivity index (χ1) is 19.1. The van der Waals surface area contributed by atoms with Crippen LogP contribution >= 0.6 is 11.8 Å². The molecule has 1 unspecified atom stereocenters. The van der Waals surface area contributed by atoms with Gasteiger partial charge in [-0.3, -0.25) is 14.5 Å². The van der Waals surface area contributed by atoms with E-state index in [4.69, 9.17) is 4.99 Å². The third kappa shape index (κ3) is 5.31. The number of amides is 2. The van der Waals surface area contributed by atoms with Gasteiger partial charge in [0.15, 0.2) is 5.17 Å². The highest BCUT2D eigenvalue weighted by atomic mass is 32.2. The van der Waals surface area contributed by atoms with Crippen molar-refractivity contribution in [3.8, 4) is 0 Å². The number of anilines is 1. The van der Waals surface area contributed by atoms with E-state index in [-0.39, 0.29) is 24.1 Å². The molecule has 0 saturated carbocycles. The number of para-hydroxylation sites is 2. The Hall–Kier alpha value is -3.98. The summed E-state index contributed by atoms with van der Waals surface area (Å²) in [5.41, 5.74) is 3.69. The van der Waals surface area contributed by atoms with Crippen molar-refractivity contribution in [1.29, 1.82) is 0 Å². The molecule has 0 aliphatic carbocycles. The first-order valence-corrected chi connectivity index (χ1v) is 14.1. The lowest BCUT2D eigenvalue weighted by Crippen LogP contribution is -2.49. The van der Waals surface area contributed by atoms with Crippen LogP contribution in [0.15, 0.2) is 88.8 Å². The van der Waals surface area contributed by atoms with Gasteiger partial charge in [-0.2, -0.15) is 4.99 Å². The summed E-state index contributed by atoms with van der Waals surface area (Å²) in [4.78, 5) is 41.6. The summed E-state index contributed by atoms with van der Waals surface area (Å²) in [6.07, 6.45) is 0.625. The summed E-state index contributed by atoms with van der Waals surface area (Å²) in [6.45, 7) is 2.88. The summed E-state index contributed by atoms with van der Waals surface area (Å²) in [7, 11) is 0. The molecular formula is C30H28FN5O2S. The van der Waals surface area contributed by atoms with Gasteiger partial charge in [-0.1, -0.05) is 54.2 Å². The van der Waals surface area contributed by atoms with Crippen molar-refractivity contribution < 1.29 is 14.0 Å². The van der Waals surface area contributed by atoms with Crippen molar-refractivity contribution in [3.05, 3.63) is 95.8 Å². The Morgan fingerprint density at radius 1 is 0.897 bits per heavy atom. The number of carbonyl (C=O) groups is 2. The smallest absolute Gasteiger partial charge is 0.270 e. The van der Waals surface area contributed by atoms with Gasteiger partial charge in [0.05, 0.1) is 5.69 Å². The maximum absolute atomic E-state index is 13.4. The van der Waals surface area contributed by atoms with E-state index in [1.54, 1.807) is 12.1 Å². The standard InChI is InChI=1S/C30H28FN5O2S/c31-22-12-10-21(11-13-22)20-39-30-32-25-9-5-4-8-24(25)28-33-29(38)26(36(28)30)14-15-27(37)35-18-16-34(17-19-35)23-6-2-1-3-7-23/h1-13,26H,14-20H2. The van der Waals surface area contributed by atoms with E-state index in [1.807, 2.05) is 52.3 Å². The van der Waals surface area contributed by atoms with Crippen LogP contribution in [-0.2, 0) is 15.3 Å². The molecule has 0 aromatic heterocycles. The SMILES string of the molecule is O=C1N=C2c3ccccc3N=C(SCc3ccc(F)cc3)N2C1CCC(=O)N1CCN(c2ccccc2)CC1. The number of amidine groups is 2. The Morgan fingerprint density at radius 2 is 1.62 bits per heavy atom. The van der Waals surface area contributed by atoms with Crippen molar-refractivity contribution in [3.63, 3.8) is 0 Å². The Kier molecular flexibility index (Phi) is 7.15. The average molecular weight is 542 g/mol. The zero-order chi connectivity index (χ0) is 26.8. The summed E-state index contributed by atoms with van der Waals surface area (Å²) < 4.78 is 13.4. The van der Waals surface area contributed by atoms with Crippen molar-refractivity contribution in [2.45, 2.75) is 24.6 Å². The lowest BCUT2D eigenvalue weighted by Gasteiger charge is -2.36. The molecule has 1 fully saturated rings. The highest BCUT2D eigenvalue weighted by Crippen LogP contribution is 2.36. The van der Waals surface area contributed by atoms with E-state index >= 15 is 0 Å². The van der Waals surface area contributed by atoms with Crippen LogP contribution in [0, 0.1) is 5.82 Å². The highest BCUT2D eigenvalue weighted by molar-refractivity contribution is 8.13. The quantitative estimate of drug-likeness (QED) is 0.447. The van der Waals surface area contributed by atoms with Crippen LogP contribution in [0.2, 0.25) is 0 Å². The van der Waals surface area contributed by atoms with Crippen molar-refractivity contribution in [2.75, 3.05) is 31.1 Å². The molecule has 0 bridgehead atoms. The zero-order valence-electron chi connectivity index (χ0n) is 21.4. The second-order valence-corrected chi connectivity index (χ2v) is 10.7. The first-order valence-electron chi connectivity index (χ1n) is 13.1. The number of rotatable bonds is 6. The summed E-state index contributed by atoms with van der Waals surface area (Å²) in [5, 5.41) is 0.663. The lowest BCUT2D eigenvalue weighted by atomic mass is 10.1. The normalized spacial score (nSPS) is 18.4. The van der Waals surface area contributed by atoms with Gasteiger partial charge < -0.3 is 9.80 Å². The molecule has 3 aromatic rings. The highest BCUT2D eigenvalue weighted by Gasteiger charge is 2.42. The molecule has 3 heterocycles. The second-order valence-electron chi connectivity index (χ2n) is 9.73. The monoisotopic (exact) mass is 541 g/mol. The third-order valence-corrected chi connectivity index (χ3v) is 8.30. The minimum absolute atomic E-state index is 0.0545. The minimum atomic E-state index is -0.581. The number of halogens is 1. The van der Waals surface area contributed by atoms with Crippen LogP contribution < -0.4 is 4.90 Å². The van der Waals surface area contributed by atoms with Crippen LogP contribution in [0.3, 0.4) is 0 Å². The average Bonchev–Trinajstić information content (AvgIpc) is 3.32. The predicted molar refractivity (Wildman–Crippen MR) is 153 cm³/mol. The second kappa shape index (κ2) is 11.0. The van der Waals surface area contributed by atoms with Crippen molar-refractivity contribution in [1.82, 2.24) is 9.80 Å². The number of thioether (sulfide) groups is 1. The third-order valence-electron chi connectivity index (χ3n) is 7.27. The van der Waals surface area contributed by atoms with E-state index in [0.717, 1.165) is 29.9 Å². The predicted octanol–water partition coefficient (Wildman–Crippen LogP) is 4.85. The molecule has 3 aromatic carbocycles. The van der Waals surface area contributed by atoms with Crippen LogP contribution in [0.5, 0.6) is 0 Å². The number of piperazine rings is 1. The largest absolute Gasteiger partial charge is 0.368 e. The Bertz CT molecular complexity index is 1440. The molecule has 0 N–H and O–H groups in total. The fourth-order valence-corrected chi connectivity index (χ4v) is 6.18. The van der Waals surface area contributed by atoms with E-state index in [9.17, 15) is 14.0 Å². The lowest BCUT2D eigenvalue weighted by molar-refractivity contribution is -0.131. The number of carbonyl (C=O) groups excluding carboxylic acids is 2. The molecule has 39 heavy (non-hydrogen) atoms. The van der Waals surface area contributed by atoms with Gasteiger partial charge in [0.1, 0.15) is 17.7 Å². The van der Waals surface area contributed by atoms with Crippen LogP contribution in [-0.4, -0.2) is 64.8 Å². The number of hydrogen-bond donors (Lipinski definition) is 0. The first kappa shape index (κ1) is 25.3. The van der Waals surface area contributed by atoms with Crippen molar-refractivity contribution in [2.24, 2.45) is 9.98 Å². The maximum Gasteiger partial charge on any atom is 0.270 e. The number of fused-ring (bicyclic) bond motifs is 3. The van der Waals surface area contributed by atoms with Gasteiger partial charge in [-0.05, 0) is 48.4 Å². The topological polar surface area (TPSA) is 68.6 Å². The Morgan fingerprint density at radius 3 is 2.38 bits per heavy atom. The molecule has 2 amide bonds. The van der Waals surface area contributed by atoms with Crippen LogP contribution in [0.25, 0.3) is 0 Å². The summed E-state index contributed by atoms with van der Waals surface area (Å²) in [6, 6.07) is 23.7. The molecule has 9 heteroatoms. The molecule has 6 rings (SSSR count). The molecular weight excluding hydrogens is 513 g/mol. The molecule has 7 nitrogen and oxygen atoms in total. The number of benzene rings is 3. The van der Waals surface area contributed by atoms with Gasteiger partial charge in [-0.15, -0.1) is 0 Å². The number of aliphatic imine (C=N–C) groups is 2. The van der Waals surface area contributed by atoms with Crippen LogP contribution in [0.4, 0.5) is 15.8 Å². The number of hydrogen-bond acceptors (Lipinski definition) is 6. The van der Waals surface area contributed by atoms with Gasteiger partial charge in [0.25, 0.3) is 5.91 Å². The van der Waals surface area contributed by atoms with E-state index in [1.165, 1.54) is 29.6 Å². The van der Waals surface area contributed by atoms with E-state index < -0.39 is 6.04 Å². The molecule has 3 aliphatic rings.